The van der Waals surface area contributed by atoms with Crippen LogP contribution in [-0.2, 0) is 6.54 Å². The molecular weight excluding hydrogens is 252 g/mol. The van der Waals surface area contributed by atoms with E-state index in [1.807, 2.05) is 11.3 Å². The van der Waals surface area contributed by atoms with Crippen molar-refractivity contribution in [3.63, 3.8) is 0 Å². The molecule has 1 aliphatic rings. The Labute approximate surface area is 122 Å². The highest BCUT2D eigenvalue weighted by molar-refractivity contribution is 7.09. The van der Waals surface area contributed by atoms with Crippen molar-refractivity contribution in [2.45, 2.75) is 52.1 Å². The van der Waals surface area contributed by atoms with Crippen LogP contribution in [0.15, 0.2) is 17.5 Å². The van der Waals surface area contributed by atoms with E-state index in [0.29, 0.717) is 5.41 Å². The Hall–Kier alpha value is -0.380. The predicted octanol–water partition coefficient (Wildman–Crippen LogP) is 3.74. The third-order valence-corrected chi connectivity index (χ3v) is 5.32. The van der Waals surface area contributed by atoms with E-state index in [-0.39, 0.29) is 0 Å². The van der Waals surface area contributed by atoms with E-state index < -0.39 is 0 Å². The Morgan fingerprint density at radius 1 is 1.37 bits per heavy atom. The van der Waals surface area contributed by atoms with Gasteiger partial charge in [0.1, 0.15) is 0 Å². The molecule has 1 saturated carbocycles. The van der Waals surface area contributed by atoms with Crippen LogP contribution in [0.4, 0.5) is 0 Å². The van der Waals surface area contributed by atoms with Gasteiger partial charge in [-0.3, -0.25) is 0 Å². The van der Waals surface area contributed by atoms with Crippen molar-refractivity contribution in [1.29, 1.82) is 0 Å². The molecule has 1 heterocycles. The first kappa shape index (κ1) is 15.0. The highest BCUT2D eigenvalue weighted by atomic mass is 32.1. The SMILES string of the molecule is CCC(CC)(CNC1CC1)CN(C)Cc1cccs1. The Morgan fingerprint density at radius 2 is 2.11 bits per heavy atom. The zero-order chi connectivity index (χ0) is 13.7. The Kier molecular flexibility index (Phi) is 5.43. The van der Waals surface area contributed by atoms with E-state index in [1.54, 1.807) is 0 Å². The van der Waals surface area contributed by atoms with Crippen LogP contribution in [0.1, 0.15) is 44.4 Å². The molecule has 0 aromatic carbocycles. The normalized spacial score (nSPS) is 16.2. The van der Waals surface area contributed by atoms with Gasteiger partial charge >= 0.3 is 0 Å². The molecule has 19 heavy (non-hydrogen) atoms. The van der Waals surface area contributed by atoms with Crippen LogP contribution < -0.4 is 5.32 Å². The number of rotatable bonds is 9. The Morgan fingerprint density at radius 3 is 2.63 bits per heavy atom. The first-order valence-electron chi connectivity index (χ1n) is 7.62. The van der Waals surface area contributed by atoms with Crippen molar-refractivity contribution in [3.8, 4) is 0 Å². The van der Waals surface area contributed by atoms with Gasteiger partial charge in [-0.25, -0.2) is 0 Å². The molecule has 1 N–H and O–H groups in total. The van der Waals surface area contributed by atoms with Crippen LogP contribution in [-0.4, -0.2) is 31.1 Å². The number of nitrogens with one attached hydrogen (secondary N) is 1. The van der Waals surface area contributed by atoms with Crippen molar-refractivity contribution in [1.82, 2.24) is 10.2 Å². The van der Waals surface area contributed by atoms with E-state index in [9.17, 15) is 0 Å². The second-order valence-corrected chi connectivity index (χ2v) is 7.15. The number of nitrogens with zero attached hydrogens (tertiary/aromatic N) is 1. The molecule has 1 aliphatic carbocycles. The van der Waals surface area contributed by atoms with Gasteiger partial charge < -0.3 is 10.2 Å². The lowest BCUT2D eigenvalue weighted by molar-refractivity contribution is 0.151. The molecule has 2 rings (SSSR count). The van der Waals surface area contributed by atoms with Crippen LogP contribution in [0, 0.1) is 5.41 Å². The van der Waals surface area contributed by atoms with E-state index in [4.69, 9.17) is 0 Å². The summed E-state index contributed by atoms with van der Waals surface area (Å²) in [6.07, 6.45) is 5.29. The molecule has 1 aromatic heterocycles. The average molecular weight is 280 g/mol. The van der Waals surface area contributed by atoms with E-state index in [2.05, 4.69) is 48.6 Å². The van der Waals surface area contributed by atoms with Crippen LogP contribution >= 0.6 is 11.3 Å². The molecule has 1 fully saturated rings. The first-order chi connectivity index (χ1) is 9.17. The zero-order valence-electron chi connectivity index (χ0n) is 12.6. The van der Waals surface area contributed by atoms with Gasteiger partial charge in [-0.1, -0.05) is 19.9 Å². The maximum atomic E-state index is 3.74. The molecule has 0 spiro atoms. The maximum absolute atomic E-state index is 3.74. The van der Waals surface area contributed by atoms with E-state index >= 15 is 0 Å². The topological polar surface area (TPSA) is 15.3 Å². The highest BCUT2D eigenvalue weighted by Crippen LogP contribution is 2.29. The predicted molar refractivity (Wildman–Crippen MR) is 84.7 cm³/mol. The minimum Gasteiger partial charge on any atom is -0.313 e. The summed E-state index contributed by atoms with van der Waals surface area (Å²) in [5.41, 5.74) is 0.439. The van der Waals surface area contributed by atoms with Crippen molar-refractivity contribution < 1.29 is 0 Å². The van der Waals surface area contributed by atoms with Gasteiger partial charge in [-0.15, -0.1) is 11.3 Å². The van der Waals surface area contributed by atoms with Gasteiger partial charge in [-0.2, -0.15) is 0 Å². The number of thiophene rings is 1. The van der Waals surface area contributed by atoms with Gasteiger partial charge in [-0.05, 0) is 49.6 Å². The fourth-order valence-corrected chi connectivity index (χ4v) is 3.51. The molecule has 0 unspecified atom stereocenters. The first-order valence-corrected chi connectivity index (χ1v) is 8.50. The lowest BCUT2D eigenvalue weighted by Gasteiger charge is -2.36. The second-order valence-electron chi connectivity index (χ2n) is 6.11. The fraction of sp³-hybridized carbons (Fsp3) is 0.750. The van der Waals surface area contributed by atoms with Crippen LogP contribution in [0.5, 0.6) is 0 Å². The molecule has 0 aliphatic heterocycles. The zero-order valence-corrected chi connectivity index (χ0v) is 13.4. The summed E-state index contributed by atoms with van der Waals surface area (Å²) in [4.78, 5) is 3.96. The summed E-state index contributed by atoms with van der Waals surface area (Å²) in [6, 6.07) is 5.21. The summed E-state index contributed by atoms with van der Waals surface area (Å²) < 4.78 is 0. The van der Waals surface area contributed by atoms with Crippen molar-refractivity contribution >= 4 is 11.3 Å². The fourth-order valence-electron chi connectivity index (χ4n) is 2.72. The number of hydrogen-bond donors (Lipinski definition) is 1. The standard InChI is InChI=1S/C16H28N2S/c1-4-16(5-2,12-17-14-8-9-14)13-18(3)11-15-7-6-10-19-15/h6-7,10,14,17H,4-5,8-9,11-13H2,1-3H3. The Bertz CT molecular complexity index is 353. The second kappa shape index (κ2) is 6.87. The van der Waals surface area contributed by atoms with Crippen molar-refractivity contribution in [2.24, 2.45) is 5.41 Å². The molecule has 0 amide bonds. The van der Waals surface area contributed by atoms with Crippen LogP contribution in [0.3, 0.4) is 0 Å². The summed E-state index contributed by atoms with van der Waals surface area (Å²) in [6.45, 7) is 8.15. The third kappa shape index (κ3) is 4.59. The molecule has 2 nitrogen and oxygen atoms in total. The lowest BCUT2D eigenvalue weighted by atomic mass is 9.81. The summed E-state index contributed by atoms with van der Waals surface area (Å²) in [5, 5.41) is 5.91. The van der Waals surface area contributed by atoms with Gasteiger partial charge in [0.2, 0.25) is 0 Å². The van der Waals surface area contributed by atoms with Crippen LogP contribution in [0.2, 0.25) is 0 Å². The molecule has 0 saturated heterocycles. The lowest BCUT2D eigenvalue weighted by Crippen LogP contribution is -2.42. The molecule has 108 valence electrons. The minimum absolute atomic E-state index is 0.439. The van der Waals surface area contributed by atoms with Crippen molar-refractivity contribution in [2.75, 3.05) is 20.1 Å². The molecular formula is C16H28N2S. The molecule has 0 radical (unpaired) electrons. The average Bonchev–Trinajstić information content (AvgIpc) is 3.11. The van der Waals surface area contributed by atoms with Gasteiger partial charge in [0.05, 0.1) is 0 Å². The number of hydrogen-bond acceptors (Lipinski definition) is 3. The summed E-state index contributed by atoms with van der Waals surface area (Å²) in [7, 11) is 2.26. The largest absolute Gasteiger partial charge is 0.313 e. The Balaban J connectivity index is 1.86. The van der Waals surface area contributed by atoms with Gasteiger partial charge in [0, 0.05) is 30.6 Å². The van der Waals surface area contributed by atoms with Gasteiger partial charge in [0.15, 0.2) is 0 Å². The van der Waals surface area contributed by atoms with Crippen LogP contribution in [0.25, 0.3) is 0 Å². The molecule has 3 heteroatoms. The third-order valence-electron chi connectivity index (χ3n) is 4.45. The highest BCUT2D eigenvalue weighted by Gasteiger charge is 2.30. The monoisotopic (exact) mass is 280 g/mol. The summed E-state index contributed by atoms with van der Waals surface area (Å²) >= 11 is 1.86. The summed E-state index contributed by atoms with van der Waals surface area (Å²) in [5.74, 6) is 0. The molecule has 1 aromatic rings. The van der Waals surface area contributed by atoms with E-state index in [1.165, 1.54) is 43.6 Å². The van der Waals surface area contributed by atoms with Crippen molar-refractivity contribution in [3.05, 3.63) is 22.4 Å². The van der Waals surface area contributed by atoms with Gasteiger partial charge in [0.25, 0.3) is 0 Å². The minimum atomic E-state index is 0.439. The van der Waals surface area contributed by atoms with E-state index in [0.717, 1.165) is 12.6 Å². The molecule has 0 atom stereocenters. The smallest absolute Gasteiger partial charge is 0.0325 e. The molecule has 0 bridgehead atoms. The maximum Gasteiger partial charge on any atom is 0.0325 e. The quantitative estimate of drug-likeness (QED) is 0.741.